The Morgan fingerprint density at radius 2 is 1.92 bits per heavy atom. The monoisotopic (exact) mass is 376 g/mol. The SMILES string of the molecule is O=C(Nc1ccccc1)c1cccc(S(=O)(=O)N2CCOC[C@@H](O)C2)c1. The number of carbonyl (C=O) groups excluding carboxylic acids is 1. The van der Waals surface area contributed by atoms with Crippen LogP contribution in [-0.4, -0.2) is 56.1 Å². The van der Waals surface area contributed by atoms with Crippen molar-refractivity contribution in [2.75, 3.05) is 31.6 Å². The van der Waals surface area contributed by atoms with Crippen LogP contribution in [0.1, 0.15) is 10.4 Å². The number of rotatable bonds is 4. The van der Waals surface area contributed by atoms with Crippen LogP contribution < -0.4 is 5.32 Å². The third kappa shape index (κ3) is 4.28. The van der Waals surface area contributed by atoms with Crippen molar-refractivity contribution < 1.29 is 23.1 Å². The highest BCUT2D eigenvalue weighted by molar-refractivity contribution is 7.89. The van der Waals surface area contributed by atoms with E-state index < -0.39 is 22.0 Å². The summed E-state index contributed by atoms with van der Waals surface area (Å²) in [7, 11) is -3.83. The Bertz CT molecular complexity index is 870. The van der Waals surface area contributed by atoms with E-state index in [1.807, 2.05) is 6.07 Å². The maximum absolute atomic E-state index is 12.8. The number of nitrogens with zero attached hydrogens (tertiary/aromatic N) is 1. The van der Waals surface area contributed by atoms with Gasteiger partial charge in [-0.25, -0.2) is 8.42 Å². The summed E-state index contributed by atoms with van der Waals surface area (Å²) in [5, 5.41) is 12.5. The molecule has 2 N–H and O–H groups in total. The Kier molecular flexibility index (Phi) is 5.67. The van der Waals surface area contributed by atoms with Crippen LogP contribution in [0.2, 0.25) is 0 Å². The van der Waals surface area contributed by atoms with Gasteiger partial charge in [-0.05, 0) is 30.3 Å². The molecule has 138 valence electrons. The number of aliphatic hydroxyl groups excluding tert-OH is 1. The Morgan fingerprint density at radius 3 is 2.69 bits per heavy atom. The molecule has 1 heterocycles. The number of benzene rings is 2. The lowest BCUT2D eigenvalue weighted by atomic mass is 10.2. The van der Waals surface area contributed by atoms with E-state index in [2.05, 4.69) is 5.32 Å². The number of amides is 1. The fourth-order valence-corrected chi connectivity index (χ4v) is 4.16. The number of carbonyl (C=O) groups is 1. The summed E-state index contributed by atoms with van der Waals surface area (Å²) in [5.74, 6) is -0.396. The van der Waals surface area contributed by atoms with Gasteiger partial charge in [-0.2, -0.15) is 4.31 Å². The van der Waals surface area contributed by atoms with Gasteiger partial charge < -0.3 is 15.2 Å². The second kappa shape index (κ2) is 7.96. The second-order valence-corrected chi connectivity index (χ2v) is 7.88. The molecule has 1 aliphatic rings. The van der Waals surface area contributed by atoms with E-state index in [1.54, 1.807) is 30.3 Å². The lowest BCUT2D eigenvalue weighted by Crippen LogP contribution is -2.37. The van der Waals surface area contributed by atoms with Gasteiger partial charge >= 0.3 is 0 Å². The van der Waals surface area contributed by atoms with Gasteiger partial charge in [-0.15, -0.1) is 0 Å². The Hall–Kier alpha value is -2.26. The van der Waals surface area contributed by atoms with Crippen LogP contribution in [0, 0.1) is 0 Å². The van der Waals surface area contributed by atoms with E-state index in [9.17, 15) is 18.3 Å². The van der Waals surface area contributed by atoms with Crippen LogP contribution in [0.5, 0.6) is 0 Å². The highest BCUT2D eigenvalue weighted by atomic mass is 32.2. The molecule has 8 heteroatoms. The van der Waals surface area contributed by atoms with Crippen LogP contribution in [0.4, 0.5) is 5.69 Å². The molecule has 3 rings (SSSR count). The molecule has 26 heavy (non-hydrogen) atoms. The number of hydrogen-bond donors (Lipinski definition) is 2. The van der Waals surface area contributed by atoms with Crippen molar-refractivity contribution in [2.45, 2.75) is 11.0 Å². The van der Waals surface area contributed by atoms with Crippen LogP contribution >= 0.6 is 0 Å². The summed E-state index contributed by atoms with van der Waals surface area (Å²) < 4.78 is 32.0. The zero-order valence-corrected chi connectivity index (χ0v) is 14.9. The Labute approximate surface area is 152 Å². The molecule has 1 fully saturated rings. The quantitative estimate of drug-likeness (QED) is 0.839. The number of sulfonamides is 1. The van der Waals surface area contributed by atoms with Crippen LogP contribution in [0.15, 0.2) is 59.5 Å². The van der Waals surface area contributed by atoms with Gasteiger partial charge in [-0.1, -0.05) is 24.3 Å². The van der Waals surface area contributed by atoms with Crippen molar-refractivity contribution in [1.82, 2.24) is 4.31 Å². The minimum Gasteiger partial charge on any atom is -0.389 e. The highest BCUT2D eigenvalue weighted by Crippen LogP contribution is 2.19. The lowest BCUT2D eigenvalue weighted by molar-refractivity contribution is 0.0583. The fraction of sp³-hybridized carbons (Fsp3) is 0.278. The zero-order valence-electron chi connectivity index (χ0n) is 14.0. The molecule has 2 aromatic rings. The molecule has 0 unspecified atom stereocenters. The first-order valence-corrected chi connectivity index (χ1v) is 9.63. The Morgan fingerprint density at radius 1 is 1.15 bits per heavy atom. The molecule has 0 radical (unpaired) electrons. The van der Waals surface area contributed by atoms with Gasteiger partial charge in [0, 0.05) is 24.3 Å². The lowest BCUT2D eigenvalue weighted by Gasteiger charge is -2.21. The maximum atomic E-state index is 12.8. The Balaban J connectivity index is 1.82. The van der Waals surface area contributed by atoms with Crippen LogP contribution in [0.3, 0.4) is 0 Å². The summed E-state index contributed by atoms with van der Waals surface area (Å²) in [4.78, 5) is 12.4. The van der Waals surface area contributed by atoms with Gasteiger partial charge in [-0.3, -0.25) is 4.79 Å². The van der Waals surface area contributed by atoms with Gasteiger partial charge in [0.2, 0.25) is 10.0 Å². The molecule has 1 amide bonds. The summed E-state index contributed by atoms with van der Waals surface area (Å²) in [6.45, 7) is 0.429. The normalized spacial score (nSPS) is 18.9. The molecule has 0 saturated carbocycles. The number of aliphatic hydroxyl groups is 1. The first-order chi connectivity index (χ1) is 12.5. The molecule has 0 aromatic heterocycles. The molecule has 2 aromatic carbocycles. The minimum absolute atomic E-state index is 0.00677. The molecule has 0 aliphatic carbocycles. The first-order valence-electron chi connectivity index (χ1n) is 8.19. The molecular weight excluding hydrogens is 356 g/mol. The highest BCUT2D eigenvalue weighted by Gasteiger charge is 2.29. The first kappa shape index (κ1) is 18.5. The predicted molar refractivity (Wildman–Crippen MR) is 96.4 cm³/mol. The molecule has 1 saturated heterocycles. The van der Waals surface area contributed by atoms with Crippen molar-refractivity contribution in [3.63, 3.8) is 0 Å². The largest absolute Gasteiger partial charge is 0.389 e. The summed E-state index contributed by atoms with van der Waals surface area (Å²) in [5.41, 5.74) is 0.861. The number of β-amino-alcohol motifs (C(OH)–C–C–N with tert-alkyl or cyclic N) is 1. The van der Waals surface area contributed by atoms with E-state index in [0.29, 0.717) is 5.69 Å². The second-order valence-electron chi connectivity index (χ2n) is 5.94. The number of nitrogens with one attached hydrogen (secondary N) is 1. The number of anilines is 1. The molecule has 0 spiro atoms. The third-order valence-corrected chi connectivity index (χ3v) is 5.84. The summed E-state index contributed by atoms with van der Waals surface area (Å²) >= 11 is 0. The molecule has 1 aliphatic heterocycles. The number of ether oxygens (including phenoxy) is 1. The van der Waals surface area contributed by atoms with Crippen molar-refractivity contribution in [3.8, 4) is 0 Å². The molecule has 1 atom stereocenters. The zero-order chi connectivity index (χ0) is 18.6. The standard InChI is InChI=1S/C18H20N2O5S/c21-16-12-20(9-10-25-13-16)26(23,24)17-8-4-5-14(11-17)18(22)19-15-6-2-1-3-7-15/h1-8,11,16,21H,9-10,12-13H2,(H,19,22)/t16-/m0/s1. The summed E-state index contributed by atoms with van der Waals surface area (Å²) in [6, 6.07) is 14.8. The molecule has 0 bridgehead atoms. The fourth-order valence-electron chi connectivity index (χ4n) is 2.65. The molecule has 7 nitrogen and oxygen atoms in total. The molecular formula is C18H20N2O5S. The van der Waals surface area contributed by atoms with Crippen LogP contribution in [0.25, 0.3) is 0 Å². The van der Waals surface area contributed by atoms with Gasteiger partial charge in [0.1, 0.15) is 0 Å². The summed E-state index contributed by atoms with van der Waals surface area (Å²) in [6.07, 6.45) is -0.878. The van der Waals surface area contributed by atoms with Crippen molar-refractivity contribution in [1.29, 1.82) is 0 Å². The predicted octanol–water partition coefficient (Wildman–Crippen LogP) is 1.32. The number of hydrogen-bond acceptors (Lipinski definition) is 5. The van der Waals surface area contributed by atoms with Gasteiger partial charge in [0.05, 0.1) is 24.2 Å². The van der Waals surface area contributed by atoms with Gasteiger partial charge in [0.15, 0.2) is 0 Å². The van der Waals surface area contributed by atoms with Crippen LogP contribution in [-0.2, 0) is 14.8 Å². The average Bonchev–Trinajstić information content (AvgIpc) is 2.87. The van der Waals surface area contributed by atoms with E-state index >= 15 is 0 Å². The minimum atomic E-state index is -3.83. The van der Waals surface area contributed by atoms with E-state index in [1.165, 1.54) is 22.5 Å². The van der Waals surface area contributed by atoms with E-state index in [0.717, 1.165) is 0 Å². The van der Waals surface area contributed by atoms with Gasteiger partial charge in [0.25, 0.3) is 5.91 Å². The van der Waals surface area contributed by atoms with E-state index in [4.69, 9.17) is 4.74 Å². The van der Waals surface area contributed by atoms with Crippen molar-refractivity contribution >= 4 is 21.6 Å². The van der Waals surface area contributed by atoms with Crippen molar-refractivity contribution in [2.24, 2.45) is 0 Å². The average molecular weight is 376 g/mol. The number of para-hydroxylation sites is 1. The smallest absolute Gasteiger partial charge is 0.255 e. The van der Waals surface area contributed by atoms with E-state index in [-0.39, 0.29) is 36.8 Å². The third-order valence-electron chi connectivity index (χ3n) is 3.98. The maximum Gasteiger partial charge on any atom is 0.255 e. The van der Waals surface area contributed by atoms with Crippen molar-refractivity contribution in [3.05, 3.63) is 60.2 Å². The topological polar surface area (TPSA) is 95.9 Å².